The molecule has 148 valence electrons. The van der Waals surface area contributed by atoms with Crippen LogP contribution in [0.5, 0.6) is 0 Å². The Morgan fingerprint density at radius 1 is 1.35 bits per heavy atom. The molecule has 0 radical (unpaired) electrons. The summed E-state index contributed by atoms with van der Waals surface area (Å²) in [5, 5.41) is 10.3. The van der Waals surface area contributed by atoms with E-state index in [1.165, 1.54) is 6.26 Å². The van der Waals surface area contributed by atoms with E-state index in [0.717, 1.165) is 5.69 Å². The topological polar surface area (TPSA) is 106 Å². The third-order valence-electron chi connectivity index (χ3n) is 4.67. The van der Waals surface area contributed by atoms with Gasteiger partial charge in [0.2, 0.25) is 0 Å². The fourth-order valence-electron chi connectivity index (χ4n) is 2.84. The predicted molar refractivity (Wildman–Crippen MR) is 101 cm³/mol. The first-order valence-electron chi connectivity index (χ1n) is 9.02. The molecule has 0 amide bonds. The second-order valence-corrected chi connectivity index (χ2v) is 9.40. The van der Waals surface area contributed by atoms with Gasteiger partial charge in [0.05, 0.1) is 10.4 Å². The summed E-state index contributed by atoms with van der Waals surface area (Å²) in [5.74, 6) is 1.53. The third kappa shape index (κ3) is 5.20. The normalized spacial score (nSPS) is 18.1. The van der Waals surface area contributed by atoms with Crippen molar-refractivity contribution in [2.24, 2.45) is 4.99 Å². The molecular weight excluding hydrogens is 356 g/mol. The predicted octanol–water partition coefficient (Wildman–Crippen LogP) is 1.45. The van der Waals surface area contributed by atoms with Gasteiger partial charge in [-0.2, -0.15) is 0 Å². The molecule has 0 aromatic carbocycles. The lowest BCUT2D eigenvalue weighted by atomic mass is 9.99. The van der Waals surface area contributed by atoms with Crippen LogP contribution in [0.3, 0.4) is 0 Å². The molecule has 1 saturated heterocycles. The summed E-state index contributed by atoms with van der Waals surface area (Å²) in [6.45, 7) is 8.29. The quantitative estimate of drug-likeness (QED) is 0.539. The van der Waals surface area contributed by atoms with E-state index < -0.39 is 14.6 Å². The summed E-state index contributed by atoms with van der Waals surface area (Å²) in [4.78, 5) is 4.49. The minimum Gasteiger partial charge on any atom is -0.381 e. The van der Waals surface area contributed by atoms with Gasteiger partial charge in [-0.3, -0.25) is 0 Å². The van der Waals surface area contributed by atoms with Crippen molar-refractivity contribution in [1.29, 1.82) is 0 Å². The van der Waals surface area contributed by atoms with E-state index in [4.69, 9.17) is 9.26 Å². The Morgan fingerprint density at radius 3 is 2.58 bits per heavy atom. The molecule has 1 aromatic rings. The first-order valence-corrected chi connectivity index (χ1v) is 10.9. The van der Waals surface area contributed by atoms with Gasteiger partial charge in [-0.15, -0.1) is 0 Å². The number of hydrogen-bond acceptors (Lipinski definition) is 6. The monoisotopic (exact) mass is 386 g/mol. The van der Waals surface area contributed by atoms with Crippen LogP contribution in [0.2, 0.25) is 0 Å². The Morgan fingerprint density at radius 2 is 2.04 bits per heavy atom. The molecule has 1 aliphatic heterocycles. The number of sulfone groups is 1. The Kier molecular flexibility index (Phi) is 7.05. The molecule has 1 aliphatic rings. The molecule has 1 fully saturated rings. The van der Waals surface area contributed by atoms with Crippen LogP contribution < -0.4 is 10.6 Å². The van der Waals surface area contributed by atoms with E-state index in [2.05, 4.69) is 34.6 Å². The molecule has 9 heteroatoms. The molecule has 0 unspecified atom stereocenters. The highest BCUT2D eigenvalue weighted by Gasteiger charge is 2.42. The summed E-state index contributed by atoms with van der Waals surface area (Å²) in [6, 6.07) is 1.90. The van der Waals surface area contributed by atoms with Gasteiger partial charge >= 0.3 is 0 Å². The van der Waals surface area contributed by atoms with E-state index in [0.29, 0.717) is 63.3 Å². The molecule has 0 atom stereocenters. The van der Waals surface area contributed by atoms with Crippen LogP contribution in [-0.2, 0) is 21.1 Å². The van der Waals surface area contributed by atoms with Crippen molar-refractivity contribution in [1.82, 2.24) is 15.8 Å². The maximum Gasteiger partial charge on any atom is 0.191 e. The summed E-state index contributed by atoms with van der Waals surface area (Å²) < 4.78 is 34.5. The second kappa shape index (κ2) is 8.85. The number of rotatable bonds is 7. The van der Waals surface area contributed by atoms with Crippen LogP contribution in [0, 0.1) is 0 Å². The van der Waals surface area contributed by atoms with Crippen molar-refractivity contribution in [2.45, 2.75) is 50.8 Å². The molecule has 2 rings (SSSR count). The van der Waals surface area contributed by atoms with Crippen molar-refractivity contribution in [3.63, 3.8) is 0 Å². The van der Waals surface area contributed by atoms with Crippen LogP contribution in [0.4, 0.5) is 0 Å². The number of hydrogen-bond donors (Lipinski definition) is 2. The smallest absolute Gasteiger partial charge is 0.191 e. The zero-order chi connectivity index (χ0) is 19.2. The fourth-order valence-corrected chi connectivity index (χ4v) is 4.08. The van der Waals surface area contributed by atoms with Gasteiger partial charge in [-0.25, -0.2) is 13.4 Å². The average molecular weight is 387 g/mol. The van der Waals surface area contributed by atoms with Gasteiger partial charge in [-0.1, -0.05) is 19.0 Å². The SMILES string of the molecule is CCNC(=NCc1cc(C(C)C)no1)NCC1(S(C)(=O)=O)CCOCC1. The highest BCUT2D eigenvalue weighted by atomic mass is 32.2. The van der Waals surface area contributed by atoms with E-state index in [-0.39, 0.29) is 0 Å². The van der Waals surface area contributed by atoms with Crippen molar-refractivity contribution in [2.75, 3.05) is 32.6 Å². The zero-order valence-corrected chi connectivity index (χ0v) is 16.9. The van der Waals surface area contributed by atoms with Crippen LogP contribution in [0.1, 0.15) is 51.0 Å². The van der Waals surface area contributed by atoms with Crippen molar-refractivity contribution < 1.29 is 17.7 Å². The van der Waals surface area contributed by atoms with Gasteiger partial charge in [0, 0.05) is 38.6 Å². The van der Waals surface area contributed by atoms with E-state index in [9.17, 15) is 8.42 Å². The summed E-state index contributed by atoms with van der Waals surface area (Å²) in [7, 11) is -3.23. The third-order valence-corrected chi connectivity index (χ3v) is 6.80. The fraction of sp³-hybridized carbons (Fsp3) is 0.765. The standard InChI is InChI=1S/C17H30N4O4S/c1-5-18-16(19-11-14-10-15(13(2)3)21-25-14)20-12-17(26(4,22)23)6-8-24-9-7-17/h10,13H,5-9,11-12H2,1-4H3,(H2,18,19,20). The van der Waals surface area contributed by atoms with Gasteiger partial charge in [-0.05, 0) is 25.7 Å². The summed E-state index contributed by atoms with van der Waals surface area (Å²) in [5.41, 5.74) is 0.895. The Hall–Kier alpha value is -1.61. The molecule has 0 aliphatic carbocycles. The Balaban J connectivity index is 2.06. The lowest BCUT2D eigenvalue weighted by molar-refractivity contribution is 0.0756. The first kappa shape index (κ1) is 20.7. The average Bonchev–Trinajstić information content (AvgIpc) is 3.06. The zero-order valence-electron chi connectivity index (χ0n) is 16.0. The number of guanidine groups is 1. The largest absolute Gasteiger partial charge is 0.381 e. The molecule has 8 nitrogen and oxygen atoms in total. The van der Waals surface area contributed by atoms with E-state index >= 15 is 0 Å². The number of nitrogens with one attached hydrogen (secondary N) is 2. The molecule has 0 saturated carbocycles. The number of nitrogens with zero attached hydrogens (tertiary/aromatic N) is 2. The molecule has 2 heterocycles. The first-order chi connectivity index (χ1) is 12.3. The highest BCUT2D eigenvalue weighted by molar-refractivity contribution is 7.92. The second-order valence-electron chi connectivity index (χ2n) is 6.99. The molecule has 0 bridgehead atoms. The van der Waals surface area contributed by atoms with Gasteiger partial charge in [0.1, 0.15) is 6.54 Å². The minimum absolute atomic E-state index is 0.297. The maximum atomic E-state index is 12.3. The number of aliphatic imine (C=N–C) groups is 1. The van der Waals surface area contributed by atoms with Crippen LogP contribution in [-0.4, -0.2) is 56.8 Å². The number of ether oxygens (including phenoxy) is 1. The van der Waals surface area contributed by atoms with E-state index in [1.54, 1.807) is 0 Å². The number of aromatic nitrogens is 1. The lowest BCUT2D eigenvalue weighted by Crippen LogP contribution is -2.53. The maximum absolute atomic E-state index is 12.3. The molecule has 2 N–H and O–H groups in total. The lowest BCUT2D eigenvalue weighted by Gasteiger charge is -2.35. The molecule has 1 aromatic heterocycles. The van der Waals surface area contributed by atoms with E-state index in [1.807, 2.05) is 13.0 Å². The summed E-state index contributed by atoms with van der Waals surface area (Å²) >= 11 is 0. The van der Waals surface area contributed by atoms with Crippen molar-refractivity contribution in [3.05, 3.63) is 17.5 Å². The molecule has 26 heavy (non-hydrogen) atoms. The molecule has 0 spiro atoms. The molecular formula is C17H30N4O4S. The van der Waals surface area contributed by atoms with Crippen LogP contribution in [0.15, 0.2) is 15.6 Å². The highest BCUT2D eigenvalue weighted by Crippen LogP contribution is 2.28. The Bertz CT molecular complexity index is 706. The van der Waals surface area contributed by atoms with Crippen molar-refractivity contribution in [3.8, 4) is 0 Å². The van der Waals surface area contributed by atoms with Crippen molar-refractivity contribution >= 4 is 15.8 Å². The van der Waals surface area contributed by atoms with Gasteiger partial charge < -0.3 is 19.9 Å². The minimum atomic E-state index is -3.23. The van der Waals surface area contributed by atoms with Gasteiger partial charge in [0.25, 0.3) is 0 Å². The van der Waals surface area contributed by atoms with Gasteiger partial charge in [0.15, 0.2) is 21.6 Å². The summed E-state index contributed by atoms with van der Waals surface area (Å²) in [6.07, 6.45) is 2.27. The van der Waals surface area contributed by atoms with Crippen LogP contribution in [0.25, 0.3) is 0 Å². The van der Waals surface area contributed by atoms with Crippen LogP contribution >= 0.6 is 0 Å². The Labute approximate surface area is 155 Å².